The Hall–Kier alpha value is 0.480. The Morgan fingerprint density at radius 2 is 1.70 bits per heavy atom. The molecule has 1 heteroatoms. The van der Waals surface area contributed by atoms with Crippen molar-refractivity contribution in [2.24, 2.45) is 34.5 Å². The fraction of sp³-hybridized carbons (Fsp3) is 1.00. The highest BCUT2D eigenvalue weighted by Crippen LogP contribution is 2.66. The quantitative estimate of drug-likeness (QED) is 0.462. The van der Waals surface area contributed by atoms with Gasteiger partial charge in [0.15, 0.2) is 0 Å². The predicted molar refractivity (Wildman–Crippen MR) is 89.1 cm³/mol. The minimum absolute atomic E-state index is 0.692. The molecule has 0 radical (unpaired) electrons. The zero-order chi connectivity index (χ0) is 14.0. The van der Waals surface area contributed by atoms with Gasteiger partial charge in [-0.3, -0.25) is 0 Å². The van der Waals surface area contributed by atoms with Crippen molar-refractivity contribution in [2.45, 2.75) is 82.9 Å². The van der Waals surface area contributed by atoms with Gasteiger partial charge in [0, 0.05) is 4.83 Å². The van der Waals surface area contributed by atoms with E-state index < -0.39 is 0 Å². The van der Waals surface area contributed by atoms with Crippen LogP contribution in [0.25, 0.3) is 0 Å². The number of hydrogen-bond donors (Lipinski definition) is 0. The summed E-state index contributed by atoms with van der Waals surface area (Å²) >= 11 is 3.92. The zero-order valence-corrected chi connectivity index (χ0v) is 14.9. The topological polar surface area (TPSA) is 0 Å². The van der Waals surface area contributed by atoms with Gasteiger partial charge in [0.05, 0.1) is 0 Å². The lowest BCUT2D eigenvalue weighted by atomic mass is 9.45. The van der Waals surface area contributed by atoms with Crippen molar-refractivity contribution in [2.75, 3.05) is 0 Å². The maximum atomic E-state index is 3.92. The van der Waals surface area contributed by atoms with Crippen LogP contribution in [-0.2, 0) is 0 Å². The summed E-state index contributed by atoms with van der Waals surface area (Å²) in [6, 6.07) is 0. The molecule has 0 bridgehead atoms. The lowest BCUT2D eigenvalue weighted by Gasteiger charge is -2.60. The fourth-order valence-electron chi connectivity index (χ4n) is 7.20. The summed E-state index contributed by atoms with van der Waals surface area (Å²) in [5.41, 5.74) is 1.42. The number of alkyl halides is 1. The molecule has 4 fully saturated rings. The molecule has 0 aromatic rings. The summed E-state index contributed by atoms with van der Waals surface area (Å²) in [6.07, 6.45) is 15.2. The molecule has 4 aliphatic rings. The van der Waals surface area contributed by atoms with Gasteiger partial charge in [0.1, 0.15) is 0 Å². The number of fused-ring (bicyclic) bond motifs is 5. The van der Waals surface area contributed by atoms with E-state index in [2.05, 4.69) is 29.8 Å². The highest BCUT2D eigenvalue weighted by Gasteiger charge is 2.57. The molecule has 0 aromatic heterocycles. The molecule has 0 N–H and O–H groups in total. The van der Waals surface area contributed by atoms with Crippen molar-refractivity contribution in [3.63, 3.8) is 0 Å². The molecule has 7 atom stereocenters. The molecule has 4 rings (SSSR count). The van der Waals surface area contributed by atoms with Crippen LogP contribution in [0.4, 0.5) is 0 Å². The molecule has 4 saturated carbocycles. The van der Waals surface area contributed by atoms with Crippen LogP contribution in [0.3, 0.4) is 0 Å². The molecule has 2 unspecified atom stereocenters. The van der Waals surface area contributed by atoms with Gasteiger partial charge in [0.25, 0.3) is 0 Å². The van der Waals surface area contributed by atoms with Crippen molar-refractivity contribution in [1.29, 1.82) is 0 Å². The van der Waals surface area contributed by atoms with E-state index in [1.54, 1.807) is 25.7 Å². The Morgan fingerprint density at radius 1 is 0.850 bits per heavy atom. The van der Waals surface area contributed by atoms with Crippen molar-refractivity contribution < 1.29 is 0 Å². The van der Waals surface area contributed by atoms with E-state index in [-0.39, 0.29) is 0 Å². The first-order chi connectivity index (χ1) is 9.53. The second-order valence-electron chi connectivity index (χ2n) is 9.11. The summed E-state index contributed by atoms with van der Waals surface area (Å²) in [4.78, 5) is 0.817. The minimum atomic E-state index is 0.692. The van der Waals surface area contributed by atoms with E-state index in [9.17, 15) is 0 Å². The average molecular weight is 339 g/mol. The molecule has 0 saturated heterocycles. The third-order valence-electron chi connectivity index (χ3n) is 8.38. The Balaban J connectivity index is 1.62. The van der Waals surface area contributed by atoms with Gasteiger partial charge in [-0.25, -0.2) is 0 Å². The minimum Gasteiger partial charge on any atom is -0.0891 e. The van der Waals surface area contributed by atoms with Gasteiger partial charge in [-0.2, -0.15) is 0 Å². The van der Waals surface area contributed by atoms with Gasteiger partial charge >= 0.3 is 0 Å². The summed E-state index contributed by atoms with van der Waals surface area (Å²) in [6.45, 7) is 5.32. The van der Waals surface area contributed by atoms with Crippen molar-refractivity contribution >= 4 is 15.9 Å². The Bertz CT molecular complexity index is 391. The summed E-state index contributed by atoms with van der Waals surface area (Å²) in [7, 11) is 0. The van der Waals surface area contributed by atoms with Crippen molar-refractivity contribution in [1.82, 2.24) is 0 Å². The normalized spacial score (nSPS) is 58.6. The van der Waals surface area contributed by atoms with E-state index >= 15 is 0 Å². The molecule has 4 aliphatic carbocycles. The molecule has 0 heterocycles. The number of halogens is 1. The Kier molecular flexibility index (Phi) is 3.34. The first-order valence-electron chi connectivity index (χ1n) is 9.17. The molecular formula is C19H31Br. The van der Waals surface area contributed by atoms with Gasteiger partial charge in [-0.15, -0.1) is 0 Å². The standard InChI is InChI=1S/C19H31Br/c1-18-9-3-4-16(18)15-6-5-13-12-14(20)7-11-19(13,2)17(15)8-10-18/h13-17H,3-12H2,1-2H3/t13?,14?,15-,16-,17-,18-,19-/m0/s1. The monoisotopic (exact) mass is 338 g/mol. The van der Waals surface area contributed by atoms with Crippen LogP contribution in [0.2, 0.25) is 0 Å². The molecular weight excluding hydrogens is 308 g/mol. The lowest BCUT2D eigenvalue weighted by molar-refractivity contribution is -0.102. The average Bonchev–Trinajstić information content (AvgIpc) is 2.81. The fourth-order valence-corrected chi connectivity index (χ4v) is 7.88. The van der Waals surface area contributed by atoms with Crippen LogP contribution in [0.5, 0.6) is 0 Å². The van der Waals surface area contributed by atoms with Crippen LogP contribution >= 0.6 is 15.9 Å². The van der Waals surface area contributed by atoms with E-state index in [0.29, 0.717) is 5.41 Å². The molecule has 0 aliphatic heterocycles. The largest absolute Gasteiger partial charge is 0.0891 e. The summed E-state index contributed by atoms with van der Waals surface area (Å²) in [5, 5.41) is 0. The van der Waals surface area contributed by atoms with E-state index in [0.717, 1.165) is 33.9 Å². The Morgan fingerprint density at radius 3 is 2.55 bits per heavy atom. The van der Waals surface area contributed by atoms with Crippen LogP contribution in [0.15, 0.2) is 0 Å². The van der Waals surface area contributed by atoms with Gasteiger partial charge in [-0.1, -0.05) is 36.2 Å². The van der Waals surface area contributed by atoms with Gasteiger partial charge in [0.2, 0.25) is 0 Å². The van der Waals surface area contributed by atoms with Crippen LogP contribution in [0.1, 0.15) is 78.1 Å². The van der Waals surface area contributed by atoms with Crippen molar-refractivity contribution in [3.05, 3.63) is 0 Å². The first kappa shape index (κ1) is 14.1. The molecule has 114 valence electrons. The first-order valence-corrected chi connectivity index (χ1v) is 10.1. The number of rotatable bonds is 0. The zero-order valence-electron chi connectivity index (χ0n) is 13.3. The van der Waals surface area contributed by atoms with Crippen molar-refractivity contribution in [3.8, 4) is 0 Å². The van der Waals surface area contributed by atoms with E-state index in [1.165, 1.54) is 38.5 Å². The third kappa shape index (κ3) is 1.90. The molecule has 20 heavy (non-hydrogen) atoms. The van der Waals surface area contributed by atoms with Crippen LogP contribution in [0, 0.1) is 34.5 Å². The van der Waals surface area contributed by atoms with E-state index in [4.69, 9.17) is 0 Å². The maximum absolute atomic E-state index is 3.92. The molecule has 0 nitrogen and oxygen atoms in total. The summed E-state index contributed by atoms with van der Waals surface area (Å²) < 4.78 is 0. The highest BCUT2D eigenvalue weighted by atomic mass is 79.9. The highest BCUT2D eigenvalue weighted by molar-refractivity contribution is 9.09. The lowest BCUT2D eigenvalue weighted by Crippen LogP contribution is -2.52. The maximum Gasteiger partial charge on any atom is 0.0148 e. The second kappa shape index (κ2) is 4.74. The molecule has 0 amide bonds. The number of hydrogen-bond acceptors (Lipinski definition) is 0. The van der Waals surface area contributed by atoms with Crippen LogP contribution < -0.4 is 0 Å². The smallest absolute Gasteiger partial charge is 0.0148 e. The Labute approximate surface area is 133 Å². The molecule has 0 spiro atoms. The van der Waals surface area contributed by atoms with Gasteiger partial charge in [-0.05, 0) is 92.3 Å². The molecule has 0 aromatic carbocycles. The van der Waals surface area contributed by atoms with Gasteiger partial charge < -0.3 is 0 Å². The van der Waals surface area contributed by atoms with E-state index in [1.807, 2.05) is 0 Å². The predicted octanol–water partition coefficient (Wildman–Crippen LogP) is 6.18. The SMILES string of the molecule is C[C@@]12CCC[C@H]1[C@@H]1CCC3CC(Br)CC[C@]3(C)[C@H]1CC2. The van der Waals surface area contributed by atoms with Crippen LogP contribution in [-0.4, -0.2) is 4.83 Å². The summed E-state index contributed by atoms with van der Waals surface area (Å²) in [5.74, 6) is 4.26. The second-order valence-corrected chi connectivity index (χ2v) is 10.4. The third-order valence-corrected chi connectivity index (χ3v) is 9.21.